The number of ether oxygens (including phenoxy) is 1. The molecule has 0 saturated carbocycles. The molecule has 0 aliphatic heterocycles. The fourth-order valence-electron chi connectivity index (χ4n) is 2.57. The van der Waals surface area contributed by atoms with Crippen molar-refractivity contribution in [1.82, 2.24) is 14.5 Å². The average molecular weight is 317 g/mol. The van der Waals surface area contributed by atoms with Crippen molar-refractivity contribution in [2.75, 3.05) is 19.7 Å². The maximum atomic E-state index is 12.8. The summed E-state index contributed by atoms with van der Waals surface area (Å²) in [4.78, 5) is 30.4. The zero-order chi connectivity index (χ0) is 16.8. The van der Waals surface area contributed by atoms with E-state index in [2.05, 4.69) is 4.98 Å². The minimum absolute atomic E-state index is 0.0164. The molecular formula is C17H23N3O3. The van der Waals surface area contributed by atoms with Crippen molar-refractivity contribution in [3.8, 4) is 0 Å². The molecule has 23 heavy (non-hydrogen) atoms. The van der Waals surface area contributed by atoms with Crippen LogP contribution in [0, 0.1) is 0 Å². The van der Waals surface area contributed by atoms with Gasteiger partial charge in [-0.15, -0.1) is 0 Å². The van der Waals surface area contributed by atoms with Gasteiger partial charge in [0.05, 0.1) is 24.0 Å². The molecule has 1 amide bonds. The van der Waals surface area contributed by atoms with Crippen LogP contribution in [0.15, 0.2) is 30.6 Å². The van der Waals surface area contributed by atoms with Crippen LogP contribution in [0.25, 0.3) is 11.0 Å². The van der Waals surface area contributed by atoms with E-state index in [9.17, 15) is 9.59 Å². The molecule has 1 aromatic heterocycles. The van der Waals surface area contributed by atoms with E-state index in [1.165, 1.54) is 0 Å². The molecule has 0 unspecified atom stereocenters. The molecule has 2 aromatic rings. The summed E-state index contributed by atoms with van der Waals surface area (Å²) in [6.07, 6.45) is 2.45. The molecule has 0 radical (unpaired) electrons. The van der Waals surface area contributed by atoms with Gasteiger partial charge in [0.2, 0.25) is 5.91 Å². The van der Waals surface area contributed by atoms with Gasteiger partial charge in [-0.25, -0.2) is 4.98 Å². The number of aromatic nitrogens is 2. The number of carbonyl (C=O) groups excluding carboxylic acids is 2. The van der Waals surface area contributed by atoms with Crippen molar-refractivity contribution >= 4 is 22.9 Å². The fraction of sp³-hybridized carbons (Fsp3) is 0.471. The van der Waals surface area contributed by atoms with Gasteiger partial charge >= 0.3 is 5.97 Å². The summed E-state index contributed by atoms with van der Waals surface area (Å²) in [6, 6.07) is 7.24. The highest BCUT2D eigenvalue weighted by atomic mass is 16.5. The number of hydrogen-bond acceptors (Lipinski definition) is 4. The smallest absolute Gasteiger partial charge is 0.325 e. The first kappa shape index (κ1) is 17.0. The maximum Gasteiger partial charge on any atom is 0.325 e. The lowest BCUT2D eigenvalue weighted by Gasteiger charge is -2.25. The van der Waals surface area contributed by atoms with Crippen LogP contribution in [0.5, 0.6) is 0 Å². The Hall–Kier alpha value is -2.37. The Kier molecular flexibility index (Phi) is 5.73. The first-order valence-electron chi connectivity index (χ1n) is 7.94. The number of hydrogen-bond donors (Lipinski definition) is 0. The van der Waals surface area contributed by atoms with Gasteiger partial charge in [0.1, 0.15) is 12.6 Å². The molecular weight excluding hydrogens is 294 g/mol. The van der Waals surface area contributed by atoms with Crippen LogP contribution in [-0.4, -0.2) is 46.0 Å². The number of para-hydroxylation sites is 2. The molecule has 1 aromatic carbocycles. The van der Waals surface area contributed by atoms with E-state index in [1.807, 2.05) is 42.7 Å². The standard InChI is InChI=1S/C17H23N3O3/c1-4-10-19(11-16(21)23-5-2)17(22)13(3)20-12-18-14-8-6-7-9-15(14)20/h6-9,12-13H,4-5,10-11H2,1-3H3/t13-/m1/s1. The molecule has 1 atom stereocenters. The SMILES string of the molecule is CCCN(CC(=O)OCC)C(=O)[C@@H](C)n1cnc2ccccc21. The fourth-order valence-corrected chi connectivity index (χ4v) is 2.57. The second-order valence-corrected chi connectivity index (χ2v) is 5.38. The zero-order valence-electron chi connectivity index (χ0n) is 13.9. The van der Waals surface area contributed by atoms with Crippen LogP contribution in [0.2, 0.25) is 0 Å². The van der Waals surface area contributed by atoms with Gasteiger partial charge in [-0.1, -0.05) is 19.1 Å². The second kappa shape index (κ2) is 7.76. The van der Waals surface area contributed by atoms with Crippen molar-refractivity contribution in [1.29, 1.82) is 0 Å². The molecule has 0 fully saturated rings. The van der Waals surface area contributed by atoms with E-state index < -0.39 is 6.04 Å². The van der Waals surface area contributed by atoms with Crippen LogP contribution in [-0.2, 0) is 14.3 Å². The van der Waals surface area contributed by atoms with Gasteiger partial charge in [0, 0.05) is 6.54 Å². The Bertz CT molecular complexity index is 681. The highest BCUT2D eigenvalue weighted by Crippen LogP contribution is 2.19. The first-order chi connectivity index (χ1) is 11.1. The molecule has 2 rings (SSSR count). The number of imidazole rings is 1. The third kappa shape index (κ3) is 3.88. The Morgan fingerprint density at radius 2 is 2.04 bits per heavy atom. The predicted octanol–water partition coefficient (Wildman–Crippen LogP) is 2.40. The lowest BCUT2D eigenvalue weighted by atomic mass is 10.2. The van der Waals surface area contributed by atoms with Crippen molar-refractivity contribution < 1.29 is 14.3 Å². The van der Waals surface area contributed by atoms with Gasteiger partial charge in [-0.05, 0) is 32.4 Å². The zero-order valence-corrected chi connectivity index (χ0v) is 13.9. The van der Waals surface area contributed by atoms with Crippen molar-refractivity contribution in [3.63, 3.8) is 0 Å². The normalized spacial score (nSPS) is 12.1. The van der Waals surface area contributed by atoms with E-state index >= 15 is 0 Å². The third-order valence-corrected chi connectivity index (χ3v) is 3.69. The number of fused-ring (bicyclic) bond motifs is 1. The highest BCUT2D eigenvalue weighted by molar-refractivity contribution is 5.86. The Morgan fingerprint density at radius 3 is 2.74 bits per heavy atom. The van der Waals surface area contributed by atoms with E-state index in [0.29, 0.717) is 13.2 Å². The van der Waals surface area contributed by atoms with E-state index in [0.717, 1.165) is 17.5 Å². The summed E-state index contributed by atoms with van der Waals surface area (Å²) in [5.74, 6) is -0.486. The highest BCUT2D eigenvalue weighted by Gasteiger charge is 2.24. The predicted molar refractivity (Wildman–Crippen MR) is 87.9 cm³/mol. The monoisotopic (exact) mass is 317 g/mol. The van der Waals surface area contributed by atoms with E-state index in [1.54, 1.807) is 18.2 Å². The quantitative estimate of drug-likeness (QED) is 0.736. The Morgan fingerprint density at radius 1 is 1.30 bits per heavy atom. The lowest BCUT2D eigenvalue weighted by molar-refractivity contribution is -0.149. The largest absolute Gasteiger partial charge is 0.465 e. The summed E-state index contributed by atoms with van der Waals surface area (Å²) in [5, 5.41) is 0. The Labute approximate surface area is 136 Å². The summed E-state index contributed by atoms with van der Waals surface area (Å²) in [5.41, 5.74) is 1.75. The number of benzene rings is 1. The van der Waals surface area contributed by atoms with Gasteiger partial charge in [-0.3, -0.25) is 9.59 Å². The average Bonchev–Trinajstić information content (AvgIpc) is 2.97. The molecule has 0 aliphatic carbocycles. The van der Waals surface area contributed by atoms with Crippen molar-refractivity contribution in [2.24, 2.45) is 0 Å². The minimum Gasteiger partial charge on any atom is -0.465 e. The number of amides is 1. The molecule has 0 N–H and O–H groups in total. The van der Waals surface area contributed by atoms with Gasteiger partial charge in [0.25, 0.3) is 0 Å². The summed E-state index contributed by atoms with van der Waals surface area (Å²) >= 11 is 0. The maximum absolute atomic E-state index is 12.8. The van der Waals surface area contributed by atoms with Crippen LogP contribution in [0.4, 0.5) is 0 Å². The van der Waals surface area contributed by atoms with E-state index in [4.69, 9.17) is 4.74 Å². The van der Waals surface area contributed by atoms with Gasteiger partial charge in [0.15, 0.2) is 0 Å². The number of esters is 1. The molecule has 0 spiro atoms. The van der Waals surface area contributed by atoms with Gasteiger partial charge < -0.3 is 14.2 Å². The first-order valence-corrected chi connectivity index (χ1v) is 7.94. The molecule has 124 valence electrons. The van der Waals surface area contributed by atoms with Crippen molar-refractivity contribution in [3.05, 3.63) is 30.6 Å². The molecule has 6 heteroatoms. The third-order valence-electron chi connectivity index (χ3n) is 3.69. The molecule has 0 bridgehead atoms. The molecule has 0 aliphatic rings. The van der Waals surface area contributed by atoms with Crippen LogP contribution in [0.3, 0.4) is 0 Å². The molecule has 1 heterocycles. The number of nitrogens with zero attached hydrogens (tertiary/aromatic N) is 3. The van der Waals surface area contributed by atoms with Crippen LogP contribution < -0.4 is 0 Å². The topological polar surface area (TPSA) is 64.4 Å². The molecule has 6 nitrogen and oxygen atoms in total. The van der Waals surface area contributed by atoms with Gasteiger partial charge in [-0.2, -0.15) is 0 Å². The number of rotatable bonds is 7. The second-order valence-electron chi connectivity index (χ2n) is 5.38. The summed E-state index contributed by atoms with van der Waals surface area (Å²) < 4.78 is 6.80. The van der Waals surface area contributed by atoms with E-state index in [-0.39, 0.29) is 18.4 Å². The summed E-state index contributed by atoms with van der Waals surface area (Å²) in [6.45, 7) is 6.37. The molecule has 0 saturated heterocycles. The minimum atomic E-state index is -0.427. The summed E-state index contributed by atoms with van der Waals surface area (Å²) in [7, 11) is 0. The Balaban J connectivity index is 2.19. The van der Waals surface area contributed by atoms with Crippen molar-refractivity contribution in [2.45, 2.75) is 33.2 Å². The number of carbonyl (C=O) groups is 2. The van der Waals surface area contributed by atoms with Crippen LogP contribution in [0.1, 0.15) is 33.2 Å². The lowest BCUT2D eigenvalue weighted by Crippen LogP contribution is -2.40. The van der Waals surface area contributed by atoms with Crippen LogP contribution >= 0.6 is 0 Å².